The second kappa shape index (κ2) is 5.80. The molecule has 1 aliphatic rings. The van der Waals surface area contributed by atoms with Crippen molar-refractivity contribution in [3.05, 3.63) is 34.6 Å². The number of hydrogen-bond donors (Lipinski definition) is 2. The lowest BCUT2D eigenvalue weighted by molar-refractivity contribution is 0.116. The van der Waals surface area contributed by atoms with Crippen LogP contribution in [0.1, 0.15) is 31.2 Å². The van der Waals surface area contributed by atoms with Crippen molar-refractivity contribution in [3.63, 3.8) is 0 Å². The molecule has 0 unspecified atom stereocenters. The van der Waals surface area contributed by atoms with Gasteiger partial charge in [0.15, 0.2) is 0 Å². The predicted molar refractivity (Wildman–Crippen MR) is 66.5 cm³/mol. The van der Waals surface area contributed by atoms with Crippen molar-refractivity contribution in [2.45, 2.75) is 44.4 Å². The number of aliphatic hydroxyl groups excluding tert-OH is 1. The molecule has 0 saturated heterocycles. The van der Waals surface area contributed by atoms with Crippen molar-refractivity contribution in [2.24, 2.45) is 0 Å². The molecular weight excluding hydrogens is 241 g/mol. The van der Waals surface area contributed by atoms with E-state index in [9.17, 15) is 9.50 Å². The summed E-state index contributed by atoms with van der Waals surface area (Å²) in [6.45, 7) is 0.623. The highest BCUT2D eigenvalue weighted by Gasteiger charge is 2.18. The Labute approximate surface area is 106 Å². The van der Waals surface area contributed by atoms with Gasteiger partial charge in [0.05, 0.1) is 6.10 Å². The first-order valence-electron chi connectivity index (χ1n) is 6.00. The van der Waals surface area contributed by atoms with Gasteiger partial charge in [-0.3, -0.25) is 0 Å². The molecule has 1 saturated carbocycles. The molecule has 0 aliphatic heterocycles. The van der Waals surface area contributed by atoms with Gasteiger partial charge >= 0.3 is 0 Å². The van der Waals surface area contributed by atoms with Gasteiger partial charge in [0, 0.05) is 17.6 Å². The highest BCUT2D eigenvalue weighted by Crippen LogP contribution is 2.19. The van der Waals surface area contributed by atoms with E-state index in [2.05, 4.69) is 5.32 Å². The Bertz CT molecular complexity index is 357. The molecule has 1 aliphatic carbocycles. The van der Waals surface area contributed by atoms with Crippen LogP contribution in [-0.4, -0.2) is 17.3 Å². The molecule has 0 aromatic heterocycles. The van der Waals surface area contributed by atoms with Gasteiger partial charge in [0.1, 0.15) is 5.82 Å². The lowest BCUT2D eigenvalue weighted by Crippen LogP contribution is -2.34. The lowest BCUT2D eigenvalue weighted by atomic mass is 9.93. The quantitative estimate of drug-likeness (QED) is 0.873. The number of rotatable bonds is 3. The molecule has 0 spiro atoms. The molecule has 2 nitrogen and oxygen atoms in total. The first-order valence-corrected chi connectivity index (χ1v) is 6.37. The zero-order valence-corrected chi connectivity index (χ0v) is 10.4. The van der Waals surface area contributed by atoms with Gasteiger partial charge in [0.25, 0.3) is 0 Å². The predicted octanol–water partition coefficient (Wildman–Crippen LogP) is 2.87. The minimum atomic E-state index is -0.298. The average molecular weight is 258 g/mol. The van der Waals surface area contributed by atoms with Gasteiger partial charge in [-0.2, -0.15) is 0 Å². The second-order valence-corrected chi connectivity index (χ2v) is 5.10. The lowest BCUT2D eigenvalue weighted by Gasteiger charge is -2.26. The van der Waals surface area contributed by atoms with Gasteiger partial charge in [-0.25, -0.2) is 4.39 Å². The third kappa shape index (κ3) is 3.95. The molecule has 1 aromatic rings. The maximum absolute atomic E-state index is 13.1. The summed E-state index contributed by atoms with van der Waals surface area (Å²) in [7, 11) is 0. The Morgan fingerprint density at radius 2 is 1.94 bits per heavy atom. The molecule has 0 atom stereocenters. The minimum absolute atomic E-state index is 0.142. The summed E-state index contributed by atoms with van der Waals surface area (Å²) in [5.74, 6) is -0.298. The molecule has 17 heavy (non-hydrogen) atoms. The van der Waals surface area contributed by atoms with E-state index in [0.717, 1.165) is 31.2 Å². The Balaban J connectivity index is 1.85. The van der Waals surface area contributed by atoms with Crippen molar-refractivity contribution in [2.75, 3.05) is 0 Å². The van der Waals surface area contributed by atoms with E-state index in [4.69, 9.17) is 11.6 Å². The van der Waals surface area contributed by atoms with Crippen LogP contribution in [-0.2, 0) is 6.54 Å². The molecule has 94 valence electrons. The van der Waals surface area contributed by atoms with Crippen LogP contribution in [0.5, 0.6) is 0 Å². The fourth-order valence-electron chi connectivity index (χ4n) is 2.26. The van der Waals surface area contributed by atoms with Gasteiger partial charge in [-0.05, 0) is 49.4 Å². The molecule has 2 N–H and O–H groups in total. The third-order valence-electron chi connectivity index (χ3n) is 3.21. The van der Waals surface area contributed by atoms with Crippen LogP contribution in [0.3, 0.4) is 0 Å². The fraction of sp³-hybridized carbons (Fsp3) is 0.538. The monoisotopic (exact) mass is 257 g/mol. The zero-order chi connectivity index (χ0) is 12.3. The van der Waals surface area contributed by atoms with Crippen LogP contribution in [0.25, 0.3) is 0 Å². The molecule has 0 bridgehead atoms. The van der Waals surface area contributed by atoms with Crippen LogP contribution < -0.4 is 5.32 Å². The van der Waals surface area contributed by atoms with E-state index < -0.39 is 0 Å². The molecule has 1 aromatic carbocycles. The first kappa shape index (κ1) is 12.8. The largest absolute Gasteiger partial charge is 0.393 e. The van der Waals surface area contributed by atoms with Crippen molar-refractivity contribution in [1.82, 2.24) is 5.32 Å². The number of nitrogens with one attached hydrogen (secondary N) is 1. The Morgan fingerprint density at radius 1 is 1.24 bits per heavy atom. The van der Waals surface area contributed by atoms with Crippen LogP contribution in [0.2, 0.25) is 5.02 Å². The maximum Gasteiger partial charge on any atom is 0.125 e. The molecule has 0 heterocycles. The third-order valence-corrected chi connectivity index (χ3v) is 3.43. The SMILES string of the molecule is OC1CCC(NCc2cc(F)cc(Cl)c2)CC1. The van der Waals surface area contributed by atoms with E-state index in [1.807, 2.05) is 0 Å². The van der Waals surface area contributed by atoms with Crippen molar-refractivity contribution in [3.8, 4) is 0 Å². The smallest absolute Gasteiger partial charge is 0.125 e. The summed E-state index contributed by atoms with van der Waals surface area (Å²) in [5.41, 5.74) is 0.862. The molecular formula is C13H17ClFNO. The van der Waals surface area contributed by atoms with Gasteiger partial charge in [-0.1, -0.05) is 11.6 Å². The van der Waals surface area contributed by atoms with E-state index >= 15 is 0 Å². The average Bonchev–Trinajstić information content (AvgIpc) is 2.27. The Morgan fingerprint density at radius 3 is 2.59 bits per heavy atom. The minimum Gasteiger partial charge on any atom is -0.393 e. The van der Waals surface area contributed by atoms with Crippen molar-refractivity contribution >= 4 is 11.6 Å². The summed E-state index contributed by atoms with van der Waals surface area (Å²) >= 11 is 5.79. The second-order valence-electron chi connectivity index (χ2n) is 4.66. The Hall–Kier alpha value is -0.640. The van der Waals surface area contributed by atoms with Crippen LogP contribution in [0.4, 0.5) is 4.39 Å². The summed E-state index contributed by atoms with van der Waals surface area (Å²) in [6, 6.07) is 4.99. The molecule has 1 fully saturated rings. The van der Waals surface area contributed by atoms with E-state index in [1.54, 1.807) is 6.07 Å². The standard InChI is InChI=1S/C13H17ClFNO/c14-10-5-9(6-11(15)7-10)8-16-12-1-3-13(17)4-2-12/h5-7,12-13,16-17H,1-4,8H2. The van der Waals surface area contributed by atoms with E-state index in [0.29, 0.717) is 17.6 Å². The van der Waals surface area contributed by atoms with Gasteiger partial charge < -0.3 is 10.4 Å². The normalized spacial score (nSPS) is 24.9. The van der Waals surface area contributed by atoms with E-state index in [1.165, 1.54) is 12.1 Å². The fourth-order valence-corrected chi connectivity index (χ4v) is 2.50. The zero-order valence-electron chi connectivity index (χ0n) is 9.63. The summed E-state index contributed by atoms with van der Waals surface area (Å²) in [6.07, 6.45) is 3.51. The van der Waals surface area contributed by atoms with Crippen LogP contribution in [0, 0.1) is 5.82 Å². The summed E-state index contributed by atoms with van der Waals surface area (Å²) in [5, 5.41) is 13.2. The molecule has 2 rings (SSSR count). The highest BCUT2D eigenvalue weighted by atomic mass is 35.5. The topological polar surface area (TPSA) is 32.3 Å². The highest BCUT2D eigenvalue weighted by molar-refractivity contribution is 6.30. The number of aliphatic hydroxyl groups is 1. The van der Waals surface area contributed by atoms with Crippen LogP contribution >= 0.6 is 11.6 Å². The molecule has 0 amide bonds. The van der Waals surface area contributed by atoms with E-state index in [-0.39, 0.29) is 11.9 Å². The van der Waals surface area contributed by atoms with Gasteiger partial charge in [-0.15, -0.1) is 0 Å². The van der Waals surface area contributed by atoms with Crippen molar-refractivity contribution < 1.29 is 9.50 Å². The van der Waals surface area contributed by atoms with Crippen molar-refractivity contribution in [1.29, 1.82) is 0 Å². The Kier molecular flexibility index (Phi) is 4.37. The van der Waals surface area contributed by atoms with Crippen LogP contribution in [0.15, 0.2) is 18.2 Å². The number of halogens is 2. The number of benzene rings is 1. The molecule has 4 heteroatoms. The molecule has 0 radical (unpaired) electrons. The van der Waals surface area contributed by atoms with Gasteiger partial charge in [0.2, 0.25) is 0 Å². The first-order chi connectivity index (χ1) is 8.13. The summed E-state index contributed by atoms with van der Waals surface area (Å²) < 4.78 is 13.1. The maximum atomic E-state index is 13.1. The summed E-state index contributed by atoms with van der Waals surface area (Å²) in [4.78, 5) is 0. The number of hydrogen-bond acceptors (Lipinski definition) is 2.